The minimum atomic E-state index is 0.935. The fourth-order valence-electron chi connectivity index (χ4n) is 1.07. The predicted octanol–water partition coefficient (Wildman–Crippen LogP) is 1.48. The second-order valence-corrected chi connectivity index (χ2v) is 2.74. The SMILES string of the molecule is C/C(=N/n1cccc1)c1cn[nH]c1. The van der Waals surface area contributed by atoms with Crippen LogP contribution in [0.5, 0.6) is 0 Å². The van der Waals surface area contributed by atoms with Crippen LogP contribution in [0.25, 0.3) is 0 Å². The van der Waals surface area contributed by atoms with Crippen LogP contribution in [-0.2, 0) is 0 Å². The summed E-state index contributed by atoms with van der Waals surface area (Å²) >= 11 is 0. The molecule has 0 atom stereocenters. The summed E-state index contributed by atoms with van der Waals surface area (Å²) in [5.41, 5.74) is 1.94. The number of nitrogens with one attached hydrogen (secondary N) is 1. The molecule has 0 saturated carbocycles. The van der Waals surface area contributed by atoms with E-state index in [1.165, 1.54) is 0 Å². The molecule has 0 fully saturated rings. The molecule has 0 unspecified atom stereocenters. The molecule has 0 aliphatic rings. The van der Waals surface area contributed by atoms with Crippen molar-refractivity contribution in [2.75, 3.05) is 0 Å². The maximum absolute atomic E-state index is 4.33. The smallest absolute Gasteiger partial charge is 0.0686 e. The normalized spacial score (nSPS) is 11.9. The van der Waals surface area contributed by atoms with Gasteiger partial charge in [0.25, 0.3) is 0 Å². The third kappa shape index (κ3) is 1.66. The van der Waals surface area contributed by atoms with Crippen molar-refractivity contribution >= 4 is 5.71 Å². The van der Waals surface area contributed by atoms with Crippen molar-refractivity contribution in [1.82, 2.24) is 14.9 Å². The van der Waals surface area contributed by atoms with Crippen LogP contribution in [0, 0.1) is 0 Å². The van der Waals surface area contributed by atoms with Crippen LogP contribution in [-0.4, -0.2) is 20.6 Å². The van der Waals surface area contributed by atoms with Crippen LogP contribution in [0.15, 0.2) is 42.0 Å². The first-order valence-electron chi connectivity index (χ1n) is 4.04. The average molecular weight is 174 g/mol. The van der Waals surface area contributed by atoms with E-state index in [1.807, 2.05) is 37.6 Å². The lowest BCUT2D eigenvalue weighted by molar-refractivity contribution is 0.886. The lowest BCUT2D eigenvalue weighted by atomic mass is 10.2. The lowest BCUT2D eigenvalue weighted by Gasteiger charge is -1.96. The number of aromatic nitrogens is 3. The molecular formula is C9H10N4. The van der Waals surface area contributed by atoms with Gasteiger partial charge in [0.05, 0.1) is 11.9 Å². The molecule has 2 aromatic heterocycles. The third-order valence-corrected chi connectivity index (χ3v) is 1.77. The van der Waals surface area contributed by atoms with Crippen molar-refractivity contribution in [3.63, 3.8) is 0 Å². The van der Waals surface area contributed by atoms with E-state index >= 15 is 0 Å². The number of rotatable bonds is 2. The molecule has 0 amide bonds. The molecular weight excluding hydrogens is 164 g/mol. The summed E-state index contributed by atoms with van der Waals surface area (Å²) in [5, 5.41) is 10.9. The summed E-state index contributed by atoms with van der Waals surface area (Å²) in [5.74, 6) is 0. The number of hydrogen-bond acceptors (Lipinski definition) is 2. The maximum Gasteiger partial charge on any atom is 0.0686 e. The van der Waals surface area contributed by atoms with E-state index in [9.17, 15) is 0 Å². The van der Waals surface area contributed by atoms with Gasteiger partial charge in [-0.1, -0.05) is 0 Å². The Bertz CT molecular complexity index is 383. The molecule has 0 bridgehead atoms. The Morgan fingerprint density at radius 3 is 2.85 bits per heavy atom. The average Bonchev–Trinajstić information content (AvgIpc) is 2.74. The fraction of sp³-hybridized carbons (Fsp3) is 0.111. The highest BCUT2D eigenvalue weighted by molar-refractivity contribution is 5.98. The molecule has 0 aliphatic carbocycles. The zero-order valence-electron chi connectivity index (χ0n) is 7.31. The summed E-state index contributed by atoms with van der Waals surface area (Å²) in [6.07, 6.45) is 7.36. The van der Waals surface area contributed by atoms with Gasteiger partial charge in [-0.2, -0.15) is 10.2 Å². The summed E-state index contributed by atoms with van der Waals surface area (Å²) in [6.45, 7) is 1.95. The molecule has 4 nitrogen and oxygen atoms in total. The van der Waals surface area contributed by atoms with Gasteiger partial charge in [0.15, 0.2) is 0 Å². The Hall–Kier alpha value is -1.84. The number of aromatic amines is 1. The highest BCUT2D eigenvalue weighted by atomic mass is 15.3. The molecule has 0 aliphatic heterocycles. The topological polar surface area (TPSA) is 46.0 Å². The van der Waals surface area contributed by atoms with Crippen LogP contribution in [0.1, 0.15) is 12.5 Å². The zero-order valence-corrected chi connectivity index (χ0v) is 7.31. The monoisotopic (exact) mass is 174 g/mol. The first kappa shape index (κ1) is 7.79. The molecule has 2 heterocycles. The van der Waals surface area contributed by atoms with Crippen LogP contribution in [0.4, 0.5) is 0 Å². The Labute approximate surface area is 75.9 Å². The first-order valence-corrected chi connectivity index (χ1v) is 4.04. The molecule has 66 valence electrons. The minimum absolute atomic E-state index is 0.935. The van der Waals surface area contributed by atoms with Crippen LogP contribution in [0.2, 0.25) is 0 Å². The van der Waals surface area contributed by atoms with Gasteiger partial charge < -0.3 is 0 Å². The Morgan fingerprint density at radius 1 is 1.46 bits per heavy atom. The van der Waals surface area contributed by atoms with E-state index in [1.54, 1.807) is 10.9 Å². The standard InChI is InChI=1S/C9H10N4/c1-8(9-6-10-11-7-9)12-13-4-2-3-5-13/h2-7H,1H3,(H,10,11)/b12-8-. The van der Waals surface area contributed by atoms with Crippen molar-refractivity contribution in [2.24, 2.45) is 5.10 Å². The number of nitrogens with zero attached hydrogens (tertiary/aromatic N) is 3. The highest BCUT2D eigenvalue weighted by Crippen LogP contribution is 1.98. The lowest BCUT2D eigenvalue weighted by Crippen LogP contribution is -1.96. The quantitative estimate of drug-likeness (QED) is 0.689. The van der Waals surface area contributed by atoms with Gasteiger partial charge in [-0.3, -0.25) is 5.10 Å². The highest BCUT2D eigenvalue weighted by Gasteiger charge is 1.97. The van der Waals surface area contributed by atoms with Crippen LogP contribution < -0.4 is 0 Å². The second-order valence-electron chi connectivity index (χ2n) is 2.74. The third-order valence-electron chi connectivity index (χ3n) is 1.77. The second kappa shape index (κ2) is 3.26. The molecule has 0 radical (unpaired) electrons. The zero-order chi connectivity index (χ0) is 9.10. The van der Waals surface area contributed by atoms with Crippen LogP contribution in [0.3, 0.4) is 0 Å². The van der Waals surface area contributed by atoms with Gasteiger partial charge in [0, 0.05) is 24.2 Å². The molecule has 4 heteroatoms. The van der Waals surface area contributed by atoms with E-state index in [0.717, 1.165) is 11.3 Å². The number of H-pyrrole nitrogens is 1. The molecule has 1 N–H and O–H groups in total. The largest absolute Gasteiger partial charge is 0.285 e. The van der Waals surface area contributed by atoms with Crippen molar-refractivity contribution in [3.05, 3.63) is 42.5 Å². The van der Waals surface area contributed by atoms with Crippen molar-refractivity contribution in [2.45, 2.75) is 6.92 Å². The molecule has 2 rings (SSSR count). The Balaban J connectivity index is 2.27. The summed E-state index contributed by atoms with van der Waals surface area (Å²) < 4.78 is 1.77. The summed E-state index contributed by atoms with van der Waals surface area (Å²) in [7, 11) is 0. The summed E-state index contributed by atoms with van der Waals surface area (Å²) in [6, 6.07) is 3.87. The maximum atomic E-state index is 4.33. The van der Waals surface area contributed by atoms with E-state index in [4.69, 9.17) is 0 Å². The number of hydrogen-bond donors (Lipinski definition) is 1. The van der Waals surface area contributed by atoms with E-state index < -0.39 is 0 Å². The van der Waals surface area contributed by atoms with Crippen LogP contribution >= 0.6 is 0 Å². The minimum Gasteiger partial charge on any atom is -0.285 e. The van der Waals surface area contributed by atoms with Gasteiger partial charge >= 0.3 is 0 Å². The first-order chi connectivity index (χ1) is 6.36. The Morgan fingerprint density at radius 2 is 2.23 bits per heavy atom. The Kier molecular flexibility index (Phi) is 1.96. The molecule has 2 aromatic rings. The molecule has 13 heavy (non-hydrogen) atoms. The summed E-state index contributed by atoms with van der Waals surface area (Å²) in [4.78, 5) is 0. The van der Waals surface area contributed by atoms with Crippen molar-refractivity contribution in [3.8, 4) is 0 Å². The van der Waals surface area contributed by atoms with E-state index in [-0.39, 0.29) is 0 Å². The van der Waals surface area contributed by atoms with Gasteiger partial charge in [-0.25, -0.2) is 4.68 Å². The van der Waals surface area contributed by atoms with E-state index in [2.05, 4.69) is 15.3 Å². The molecule has 0 spiro atoms. The van der Waals surface area contributed by atoms with Gasteiger partial charge in [-0.05, 0) is 19.1 Å². The predicted molar refractivity (Wildman–Crippen MR) is 50.6 cm³/mol. The van der Waals surface area contributed by atoms with Gasteiger partial charge in [0.2, 0.25) is 0 Å². The molecule has 0 saturated heterocycles. The van der Waals surface area contributed by atoms with Gasteiger partial charge in [-0.15, -0.1) is 0 Å². The van der Waals surface area contributed by atoms with E-state index in [0.29, 0.717) is 0 Å². The molecule has 0 aromatic carbocycles. The van der Waals surface area contributed by atoms with Crippen molar-refractivity contribution < 1.29 is 0 Å². The van der Waals surface area contributed by atoms with Gasteiger partial charge in [0.1, 0.15) is 0 Å². The van der Waals surface area contributed by atoms with Crippen molar-refractivity contribution in [1.29, 1.82) is 0 Å². The fourth-order valence-corrected chi connectivity index (χ4v) is 1.07.